The van der Waals surface area contributed by atoms with Crippen LogP contribution >= 0.6 is 23.6 Å². The number of aromatic nitrogens is 2. The van der Waals surface area contributed by atoms with Crippen molar-refractivity contribution in [2.75, 3.05) is 0 Å². The fourth-order valence-electron chi connectivity index (χ4n) is 2.39. The summed E-state index contributed by atoms with van der Waals surface area (Å²) in [6, 6.07) is 8.69. The first kappa shape index (κ1) is 11.7. The number of para-hydroxylation sites is 1. The lowest BCUT2D eigenvalue weighted by Crippen LogP contribution is -2.06. The average molecular weight is 274 g/mol. The molecule has 0 aliphatic heterocycles. The fourth-order valence-corrected chi connectivity index (χ4v) is 3.49. The first-order valence-electron chi connectivity index (χ1n) is 5.90. The number of imidazole rings is 1. The molecular formula is C14H14N2S2. The molecule has 0 aliphatic rings. The SMILES string of the molecule is Cc1cccc2[nH]c(=S)n(C(C)c3ccsc3)c12. The fraction of sp³-hybridized carbons (Fsp3) is 0.214. The number of aryl methyl sites for hydroxylation is 1. The van der Waals surface area contributed by atoms with Gasteiger partial charge in [0.2, 0.25) is 0 Å². The molecule has 0 saturated heterocycles. The number of fused-ring (bicyclic) bond motifs is 1. The number of aromatic amines is 1. The van der Waals surface area contributed by atoms with E-state index in [9.17, 15) is 0 Å². The maximum atomic E-state index is 5.47. The third-order valence-corrected chi connectivity index (χ3v) is 4.35. The lowest BCUT2D eigenvalue weighted by molar-refractivity contribution is 0.650. The maximum absolute atomic E-state index is 5.47. The quantitative estimate of drug-likeness (QED) is 0.673. The summed E-state index contributed by atoms with van der Waals surface area (Å²) in [5, 5.41) is 4.29. The van der Waals surface area contributed by atoms with E-state index in [4.69, 9.17) is 12.2 Å². The van der Waals surface area contributed by atoms with E-state index in [1.807, 2.05) is 0 Å². The minimum Gasteiger partial charge on any atom is -0.331 e. The van der Waals surface area contributed by atoms with Crippen LogP contribution in [0, 0.1) is 11.7 Å². The first-order chi connectivity index (χ1) is 8.68. The van der Waals surface area contributed by atoms with Crippen LogP contribution in [0.2, 0.25) is 0 Å². The minimum absolute atomic E-state index is 0.263. The Morgan fingerprint density at radius 1 is 1.33 bits per heavy atom. The van der Waals surface area contributed by atoms with Gasteiger partial charge in [-0.15, -0.1) is 0 Å². The van der Waals surface area contributed by atoms with Crippen molar-refractivity contribution in [3.63, 3.8) is 0 Å². The van der Waals surface area contributed by atoms with Crippen molar-refractivity contribution in [3.05, 3.63) is 50.9 Å². The number of thiophene rings is 1. The summed E-state index contributed by atoms with van der Waals surface area (Å²) < 4.78 is 3.00. The molecule has 1 unspecified atom stereocenters. The van der Waals surface area contributed by atoms with E-state index in [1.165, 1.54) is 16.6 Å². The van der Waals surface area contributed by atoms with Gasteiger partial charge in [0.1, 0.15) is 0 Å². The number of benzene rings is 1. The third-order valence-electron chi connectivity index (χ3n) is 3.35. The summed E-state index contributed by atoms with van der Waals surface area (Å²) >= 11 is 7.20. The second-order valence-corrected chi connectivity index (χ2v) is 5.67. The van der Waals surface area contributed by atoms with E-state index in [-0.39, 0.29) is 6.04 Å². The van der Waals surface area contributed by atoms with Crippen molar-refractivity contribution in [3.8, 4) is 0 Å². The Kier molecular flexibility index (Phi) is 2.84. The van der Waals surface area contributed by atoms with Gasteiger partial charge in [-0.05, 0) is 60.1 Å². The van der Waals surface area contributed by atoms with Crippen LogP contribution < -0.4 is 0 Å². The second kappa shape index (κ2) is 4.37. The molecule has 0 saturated carbocycles. The largest absolute Gasteiger partial charge is 0.331 e. The molecule has 1 atom stereocenters. The highest BCUT2D eigenvalue weighted by Gasteiger charge is 2.14. The van der Waals surface area contributed by atoms with E-state index >= 15 is 0 Å². The first-order valence-corrected chi connectivity index (χ1v) is 7.25. The minimum atomic E-state index is 0.263. The highest BCUT2D eigenvalue weighted by atomic mass is 32.1. The van der Waals surface area contributed by atoms with Crippen LogP contribution in [0.25, 0.3) is 11.0 Å². The van der Waals surface area contributed by atoms with E-state index in [0.717, 1.165) is 10.3 Å². The van der Waals surface area contributed by atoms with Gasteiger partial charge in [0, 0.05) is 0 Å². The molecule has 3 rings (SSSR count). The predicted molar refractivity (Wildman–Crippen MR) is 80.0 cm³/mol. The van der Waals surface area contributed by atoms with Crippen LogP contribution in [-0.4, -0.2) is 9.55 Å². The van der Waals surface area contributed by atoms with Crippen molar-refractivity contribution >= 4 is 34.6 Å². The second-order valence-electron chi connectivity index (χ2n) is 4.50. The van der Waals surface area contributed by atoms with E-state index in [2.05, 4.69) is 58.4 Å². The summed E-state index contributed by atoms with van der Waals surface area (Å²) in [5.74, 6) is 0. The molecule has 18 heavy (non-hydrogen) atoms. The zero-order valence-corrected chi connectivity index (χ0v) is 11.9. The number of hydrogen-bond donors (Lipinski definition) is 1. The molecule has 92 valence electrons. The third kappa shape index (κ3) is 1.72. The van der Waals surface area contributed by atoms with Gasteiger partial charge in [0.05, 0.1) is 17.1 Å². The molecule has 0 fully saturated rings. The maximum Gasteiger partial charge on any atom is 0.178 e. The topological polar surface area (TPSA) is 20.7 Å². The molecule has 1 aromatic carbocycles. The van der Waals surface area contributed by atoms with Crippen LogP contribution in [-0.2, 0) is 0 Å². The lowest BCUT2D eigenvalue weighted by atomic mass is 10.1. The van der Waals surface area contributed by atoms with Gasteiger partial charge < -0.3 is 9.55 Å². The van der Waals surface area contributed by atoms with Gasteiger partial charge in [-0.3, -0.25) is 0 Å². The summed E-state index contributed by atoms with van der Waals surface area (Å²) in [6.45, 7) is 4.32. The van der Waals surface area contributed by atoms with Crippen LogP contribution in [0.4, 0.5) is 0 Å². The average Bonchev–Trinajstić information content (AvgIpc) is 2.95. The Morgan fingerprint density at radius 2 is 2.17 bits per heavy atom. The molecule has 2 aromatic heterocycles. The highest BCUT2D eigenvalue weighted by Crippen LogP contribution is 2.27. The number of rotatable bonds is 2. The molecule has 1 N–H and O–H groups in total. The van der Waals surface area contributed by atoms with Gasteiger partial charge >= 0.3 is 0 Å². The van der Waals surface area contributed by atoms with Crippen molar-refractivity contribution in [1.82, 2.24) is 9.55 Å². The molecule has 0 spiro atoms. The summed E-state index contributed by atoms with van der Waals surface area (Å²) in [7, 11) is 0. The number of H-pyrrole nitrogens is 1. The molecular weight excluding hydrogens is 260 g/mol. The summed E-state index contributed by atoms with van der Waals surface area (Å²) in [4.78, 5) is 3.29. The number of nitrogens with one attached hydrogen (secondary N) is 1. The molecule has 0 amide bonds. The Hall–Kier alpha value is -1.39. The van der Waals surface area contributed by atoms with Crippen LogP contribution in [0.15, 0.2) is 35.0 Å². The van der Waals surface area contributed by atoms with Crippen molar-refractivity contribution in [2.24, 2.45) is 0 Å². The van der Waals surface area contributed by atoms with Gasteiger partial charge in [0.15, 0.2) is 4.77 Å². The highest BCUT2D eigenvalue weighted by molar-refractivity contribution is 7.71. The normalized spacial score (nSPS) is 13.0. The van der Waals surface area contributed by atoms with Crippen LogP contribution in [0.3, 0.4) is 0 Å². The Labute approximate surface area is 115 Å². The van der Waals surface area contributed by atoms with E-state index in [0.29, 0.717) is 0 Å². The summed E-state index contributed by atoms with van der Waals surface area (Å²) in [5.41, 5.74) is 4.88. The van der Waals surface area contributed by atoms with Crippen molar-refractivity contribution in [2.45, 2.75) is 19.9 Å². The summed E-state index contributed by atoms with van der Waals surface area (Å²) in [6.07, 6.45) is 0. The van der Waals surface area contributed by atoms with Crippen LogP contribution in [0.5, 0.6) is 0 Å². The molecule has 4 heteroatoms. The van der Waals surface area contributed by atoms with E-state index < -0.39 is 0 Å². The lowest BCUT2D eigenvalue weighted by Gasteiger charge is -2.14. The smallest absolute Gasteiger partial charge is 0.178 e. The van der Waals surface area contributed by atoms with Gasteiger partial charge in [-0.1, -0.05) is 12.1 Å². The standard InChI is InChI=1S/C14H14N2S2/c1-9-4-3-5-12-13(9)16(14(17)15-12)10(2)11-6-7-18-8-11/h3-8,10H,1-2H3,(H,15,17). The van der Waals surface area contributed by atoms with E-state index in [1.54, 1.807) is 11.3 Å². The molecule has 0 bridgehead atoms. The zero-order chi connectivity index (χ0) is 12.7. The number of hydrogen-bond acceptors (Lipinski definition) is 2. The van der Waals surface area contributed by atoms with Gasteiger partial charge in [-0.25, -0.2) is 0 Å². The molecule has 2 nitrogen and oxygen atoms in total. The Bertz CT molecular complexity index is 735. The van der Waals surface area contributed by atoms with Gasteiger partial charge in [0.25, 0.3) is 0 Å². The Balaban J connectivity index is 2.29. The van der Waals surface area contributed by atoms with Crippen LogP contribution in [0.1, 0.15) is 24.1 Å². The molecule has 2 heterocycles. The molecule has 3 aromatic rings. The number of nitrogens with zero attached hydrogens (tertiary/aromatic N) is 1. The predicted octanol–water partition coefficient (Wildman–Crippen LogP) is 4.68. The molecule has 0 aliphatic carbocycles. The molecule has 0 radical (unpaired) electrons. The van der Waals surface area contributed by atoms with Crippen molar-refractivity contribution < 1.29 is 0 Å². The van der Waals surface area contributed by atoms with Gasteiger partial charge in [-0.2, -0.15) is 11.3 Å². The Morgan fingerprint density at radius 3 is 2.89 bits per heavy atom. The zero-order valence-electron chi connectivity index (χ0n) is 10.3. The monoisotopic (exact) mass is 274 g/mol. The van der Waals surface area contributed by atoms with Crippen molar-refractivity contribution in [1.29, 1.82) is 0 Å².